The first kappa shape index (κ1) is 15.0. The molecule has 0 aromatic carbocycles. The maximum Gasteiger partial charge on any atom is 0.0472 e. The van der Waals surface area contributed by atoms with E-state index < -0.39 is 0 Å². The molecule has 2 rings (SSSR count). The Hall–Kier alpha value is -0.420. The summed E-state index contributed by atoms with van der Waals surface area (Å²) in [5, 5.41) is 5.54. The Morgan fingerprint density at radius 2 is 2.21 bits per heavy atom. The highest BCUT2D eigenvalue weighted by Crippen LogP contribution is 2.30. The van der Waals surface area contributed by atoms with E-state index in [-0.39, 0.29) is 0 Å². The third-order valence-electron chi connectivity index (χ3n) is 4.03. The van der Waals surface area contributed by atoms with Crippen LogP contribution in [0, 0.1) is 5.41 Å². The molecule has 4 heteroatoms. The van der Waals surface area contributed by atoms with Gasteiger partial charge in [-0.2, -0.15) is 0 Å². The predicted octanol–water partition coefficient (Wildman–Crippen LogP) is 2.24. The molecule has 108 valence electrons. The van der Waals surface area contributed by atoms with Crippen molar-refractivity contribution in [2.75, 3.05) is 46.9 Å². The van der Waals surface area contributed by atoms with Crippen molar-refractivity contribution in [1.29, 1.82) is 0 Å². The molecule has 0 aliphatic carbocycles. The van der Waals surface area contributed by atoms with Gasteiger partial charge < -0.3 is 15.0 Å². The second-order valence-corrected chi connectivity index (χ2v) is 6.74. The highest BCUT2D eigenvalue weighted by Gasteiger charge is 2.32. The molecule has 1 fully saturated rings. The number of thiophene rings is 1. The molecule has 0 spiro atoms. The summed E-state index contributed by atoms with van der Waals surface area (Å²) in [6.45, 7) is 5.25. The van der Waals surface area contributed by atoms with Crippen molar-refractivity contribution in [2.24, 2.45) is 5.41 Å². The minimum absolute atomic E-state index is 0.400. The second kappa shape index (κ2) is 7.39. The summed E-state index contributed by atoms with van der Waals surface area (Å²) in [6, 6.07) is 4.37. The number of ether oxygens (including phenoxy) is 1. The summed E-state index contributed by atoms with van der Waals surface area (Å²) in [6.07, 6.45) is 3.52. The van der Waals surface area contributed by atoms with Gasteiger partial charge in [0.25, 0.3) is 0 Å². The summed E-state index contributed by atoms with van der Waals surface area (Å²) in [5.41, 5.74) is 0.400. The minimum atomic E-state index is 0.400. The first-order valence-corrected chi connectivity index (χ1v) is 8.05. The molecule has 1 N–H and O–H groups in total. The van der Waals surface area contributed by atoms with Gasteiger partial charge in [-0.25, -0.2) is 0 Å². The van der Waals surface area contributed by atoms with Crippen LogP contribution in [0.5, 0.6) is 0 Å². The van der Waals surface area contributed by atoms with Crippen LogP contribution >= 0.6 is 11.3 Å². The normalized spacial score (nSPS) is 18.9. The summed E-state index contributed by atoms with van der Waals surface area (Å²) in [7, 11) is 4.31. The summed E-state index contributed by atoms with van der Waals surface area (Å²) >= 11 is 1.86. The molecule has 3 nitrogen and oxygen atoms in total. The molecule has 19 heavy (non-hydrogen) atoms. The Labute approximate surface area is 121 Å². The van der Waals surface area contributed by atoms with Crippen LogP contribution in [0.4, 0.5) is 0 Å². The number of nitrogens with zero attached hydrogens (tertiary/aromatic N) is 1. The zero-order chi connectivity index (χ0) is 13.6. The van der Waals surface area contributed by atoms with Crippen LogP contribution in [0.1, 0.15) is 17.7 Å². The molecule has 0 unspecified atom stereocenters. The van der Waals surface area contributed by atoms with E-state index >= 15 is 0 Å². The molecular weight excluding hydrogens is 256 g/mol. The topological polar surface area (TPSA) is 24.5 Å². The number of hydrogen-bond acceptors (Lipinski definition) is 4. The average Bonchev–Trinajstić information content (AvgIpc) is 2.91. The monoisotopic (exact) mass is 282 g/mol. The molecule has 1 aromatic heterocycles. The van der Waals surface area contributed by atoms with Crippen LogP contribution in [0.3, 0.4) is 0 Å². The van der Waals surface area contributed by atoms with Crippen molar-refractivity contribution in [3.05, 3.63) is 22.4 Å². The van der Waals surface area contributed by atoms with Gasteiger partial charge in [0.2, 0.25) is 0 Å². The smallest absolute Gasteiger partial charge is 0.0472 e. The van der Waals surface area contributed by atoms with E-state index in [1.807, 2.05) is 11.3 Å². The highest BCUT2D eigenvalue weighted by atomic mass is 32.1. The van der Waals surface area contributed by atoms with Gasteiger partial charge in [-0.05, 0) is 50.2 Å². The molecular formula is C15H26N2OS. The average molecular weight is 282 g/mol. The number of likely N-dealkylation sites (N-methyl/N-ethyl adjacent to an activating group) is 1. The lowest BCUT2D eigenvalue weighted by molar-refractivity contribution is 0.000490. The lowest BCUT2D eigenvalue weighted by Crippen LogP contribution is -2.46. The van der Waals surface area contributed by atoms with Crippen molar-refractivity contribution >= 4 is 11.3 Å². The Morgan fingerprint density at radius 3 is 2.84 bits per heavy atom. The molecule has 1 aliphatic rings. The number of rotatable bonds is 7. The third-order valence-corrected chi connectivity index (χ3v) is 4.97. The molecule has 0 saturated carbocycles. The van der Waals surface area contributed by atoms with E-state index in [4.69, 9.17) is 4.74 Å². The van der Waals surface area contributed by atoms with Crippen molar-refractivity contribution in [3.8, 4) is 0 Å². The molecule has 2 heterocycles. The second-order valence-electron chi connectivity index (χ2n) is 5.71. The lowest BCUT2D eigenvalue weighted by atomic mass is 9.79. The SMILES string of the molecule is CNCC1(CN(C)CCc2cccs2)CCOCC1. The fourth-order valence-corrected chi connectivity index (χ4v) is 3.68. The van der Waals surface area contributed by atoms with Crippen molar-refractivity contribution in [1.82, 2.24) is 10.2 Å². The Balaban J connectivity index is 1.82. The zero-order valence-corrected chi connectivity index (χ0v) is 13.0. The van der Waals surface area contributed by atoms with Gasteiger partial charge in [-0.1, -0.05) is 6.07 Å². The third kappa shape index (κ3) is 4.56. The molecule has 1 aromatic rings. The van der Waals surface area contributed by atoms with E-state index in [0.29, 0.717) is 5.41 Å². The zero-order valence-electron chi connectivity index (χ0n) is 12.2. The Bertz CT molecular complexity index is 342. The van der Waals surface area contributed by atoms with E-state index in [9.17, 15) is 0 Å². The fourth-order valence-electron chi connectivity index (χ4n) is 2.98. The van der Waals surface area contributed by atoms with Crippen LogP contribution in [0.2, 0.25) is 0 Å². The van der Waals surface area contributed by atoms with E-state index in [2.05, 4.69) is 41.8 Å². The van der Waals surface area contributed by atoms with Gasteiger partial charge in [0.05, 0.1) is 0 Å². The molecule has 0 amide bonds. The number of hydrogen-bond donors (Lipinski definition) is 1. The van der Waals surface area contributed by atoms with E-state index in [0.717, 1.165) is 26.3 Å². The predicted molar refractivity (Wildman–Crippen MR) is 81.9 cm³/mol. The van der Waals surface area contributed by atoms with Gasteiger partial charge in [0.15, 0.2) is 0 Å². The largest absolute Gasteiger partial charge is 0.381 e. The van der Waals surface area contributed by atoms with Crippen LogP contribution in [-0.2, 0) is 11.2 Å². The molecule has 0 radical (unpaired) electrons. The molecule has 1 saturated heterocycles. The van der Waals surface area contributed by atoms with E-state index in [1.165, 1.54) is 30.7 Å². The first-order chi connectivity index (χ1) is 9.24. The summed E-state index contributed by atoms with van der Waals surface area (Å²) in [5.74, 6) is 0. The maximum absolute atomic E-state index is 5.53. The Morgan fingerprint density at radius 1 is 1.42 bits per heavy atom. The molecule has 0 atom stereocenters. The van der Waals surface area contributed by atoms with Crippen LogP contribution in [-0.4, -0.2) is 51.8 Å². The van der Waals surface area contributed by atoms with Gasteiger partial charge in [0, 0.05) is 37.7 Å². The van der Waals surface area contributed by atoms with Crippen molar-refractivity contribution in [2.45, 2.75) is 19.3 Å². The van der Waals surface area contributed by atoms with Crippen LogP contribution in [0.25, 0.3) is 0 Å². The standard InChI is InChI=1S/C15H26N2OS/c1-16-12-15(6-9-18-10-7-15)13-17(2)8-5-14-4-3-11-19-14/h3-4,11,16H,5-10,12-13H2,1-2H3. The quantitative estimate of drug-likeness (QED) is 0.830. The van der Waals surface area contributed by atoms with Gasteiger partial charge >= 0.3 is 0 Å². The first-order valence-electron chi connectivity index (χ1n) is 7.17. The maximum atomic E-state index is 5.53. The van der Waals surface area contributed by atoms with Gasteiger partial charge in [0.1, 0.15) is 0 Å². The van der Waals surface area contributed by atoms with Gasteiger partial charge in [-0.3, -0.25) is 0 Å². The van der Waals surface area contributed by atoms with Crippen LogP contribution in [0.15, 0.2) is 17.5 Å². The molecule has 1 aliphatic heterocycles. The minimum Gasteiger partial charge on any atom is -0.381 e. The van der Waals surface area contributed by atoms with Crippen molar-refractivity contribution < 1.29 is 4.74 Å². The summed E-state index contributed by atoms with van der Waals surface area (Å²) < 4.78 is 5.53. The highest BCUT2D eigenvalue weighted by molar-refractivity contribution is 7.09. The molecule has 0 bridgehead atoms. The lowest BCUT2D eigenvalue weighted by Gasteiger charge is -2.40. The summed E-state index contributed by atoms with van der Waals surface area (Å²) in [4.78, 5) is 3.98. The van der Waals surface area contributed by atoms with Crippen molar-refractivity contribution in [3.63, 3.8) is 0 Å². The van der Waals surface area contributed by atoms with Gasteiger partial charge in [-0.15, -0.1) is 11.3 Å². The fraction of sp³-hybridized carbons (Fsp3) is 0.733. The van der Waals surface area contributed by atoms with Crippen LogP contribution < -0.4 is 5.32 Å². The Kier molecular flexibility index (Phi) is 5.82. The van der Waals surface area contributed by atoms with E-state index in [1.54, 1.807) is 0 Å². The number of nitrogens with one attached hydrogen (secondary N) is 1.